The molecule has 1 aliphatic carbocycles. The van der Waals surface area contributed by atoms with Crippen molar-refractivity contribution in [2.24, 2.45) is 5.73 Å². The number of ether oxygens (including phenoxy) is 3. The van der Waals surface area contributed by atoms with Gasteiger partial charge in [0.15, 0.2) is 17.2 Å². The van der Waals surface area contributed by atoms with Crippen LogP contribution in [0.5, 0.6) is 17.2 Å². The van der Waals surface area contributed by atoms with E-state index in [-0.39, 0.29) is 58.2 Å². The van der Waals surface area contributed by atoms with E-state index < -0.39 is 41.3 Å². The van der Waals surface area contributed by atoms with E-state index in [2.05, 4.69) is 15.6 Å². The van der Waals surface area contributed by atoms with Gasteiger partial charge in [-0.1, -0.05) is 11.6 Å². The first-order valence-electron chi connectivity index (χ1n) is 13.8. The number of nitrogens with one attached hydrogen (secondary N) is 2. The molecule has 14 heteroatoms. The van der Waals surface area contributed by atoms with Crippen molar-refractivity contribution >= 4 is 17.5 Å². The lowest BCUT2D eigenvalue weighted by Crippen LogP contribution is -2.52. The third kappa shape index (κ3) is 6.14. The van der Waals surface area contributed by atoms with Crippen LogP contribution in [-0.2, 0) is 11.1 Å². The maximum atomic E-state index is 14.7. The third-order valence-electron chi connectivity index (χ3n) is 7.57. The molecule has 5 rings (SSSR count). The van der Waals surface area contributed by atoms with E-state index in [0.29, 0.717) is 12.3 Å². The van der Waals surface area contributed by atoms with Crippen LogP contribution in [0.2, 0.25) is 5.02 Å². The number of carbonyl (C=O) groups excluding carboxylic acids is 1. The van der Waals surface area contributed by atoms with Gasteiger partial charge in [0.25, 0.3) is 5.91 Å². The Hall–Kier alpha value is -3.65. The van der Waals surface area contributed by atoms with Crippen LogP contribution < -0.4 is 30.6 Å². The molecular weight excluding hydrogens is 608 g/mol. The molecular formula is C30H31ClF4N4O5. The van der Waals surface area contributed by atoms with Crippen LogP contribution in [0.25, 0.3) is 11.3 Å². The number of carbonyl (C=O) groups is 1. The number of aromatic nitrogens is 1. The molecule has 1 saturated carbocycles. The first kappa shape index (κ1) is 31.8. The van der Waals surface area contributed by atoms with Crippen LogP contribution in [0.1, 0.15) is 41.4 Å². The minimum absolute atomic E-state index is 0.00923. The average molecular weight is 639 g/mol. The van der Waals surface area contributed by atoms with Crippen LogP contribution in [0.15, 0.2) is 42.5 Å². The molecule has 0 bridgehead atoms. The highest BCUT2D eigenvalue weighted by Gasteiger charge is 2.57. The second kappa shape index (κ2) is 12.0. The van der Waals surface area contributed by atoms with Crippen molar-refractivity contribution < 1.29 is 41.7 Å². The molecule has 5 N–H and O–H groups in total. The van der Waals surface area contributed by atoms with Gasteiger partial charge in [0.2, 0.25) is 5.60 Å². The van der Waals surface area contributed by atoms with Crippen LogP contribution in [0, 0.1) is 5.82 Å². The molecule has 1 aromatic heterocycles. The molecule has 3 aromatic rings. The van der Waals surface area contributed by atoms with Crippen molar-refractivity contribution in [3.8, 4) is 28.5 Å². The number of hydrogen-bond donors (Lipinski definition) is 4. The van der Waals surface area contributed by atoms with Crippen molar-refractivity contribution in [3.63, 3.8) is 0 Å². The summed E-state index contributed by atoms with van der Waals surface area (Å²) < 4.78 is 75.1. The van der Waals surface area contributed by atoms with Crippen LogP contribution in [0.4, 0.5) is 17.6 Å². The summed E-state index contributed by atoms with van der Waals surface area (Å²) >= 11 is 5.98. The molecule has 2 unspecified atom stereocenters. The molecule has 2 atom stereocenters. The fourth-order valence-electron chi connectivity index (χ4n) is 4.85. The molecule has 1 amide bonds. The molecule has 1 fully saturated rings. The predicted molar refractivity (Wildman–Crippen MR) is 153 cm³/mol. The summed E-state index contributed by atoms with van der Waals surface area (Å²) in [6.45, 7) is 0.987. The summed E-state index contributed by atoms with van der Waals surface area (Å²) in [6.07, 6.45) is -3.46. The number of aliphatic hydroxyl groups is 1. The van der Waals surface area contributed by atoms with E-state index in [4.69, 9.17) is 31.5 Å². The van der Waals surface area contributed by atoms with Gasteiger partial charge in [-0.05, 0) is 62.2 Å². The molecule has 2 heterocycles. The smallest absolute Gasteiger partial charge is 0.424 e. The Bertz CT molecular complexity index is 1570. The normalized spacial score (nSPS) is 19.1. The molecule has 0 saturated heterocycles. The highest BCUT2D eigenvalue weighted by molar-refractivity contribution is 6.31. The fraction of sp³-hybridized carbons (Fsp3) is 0.400. The van der Waals surface area contributed by atoms with E-state index >= 15 is 0 Å². The van der Waals surface area contributed by atoms with Crippen molar-refractivity contribution in [1.82, 2.24) is 15.6 Å². The van der Waals surface area contributed by atoms with Gasteiger partial charge < -0.3 is 35.7 Å². The second-order valence-electron chi connectivity index (χ2n) is 10.9. The summed E-state index contributed by atoms with van der Waals surface area (Å²) in [7, 11) is 1.38. The second-order valence-corrected chi connectivity index (χ2v) is 11.3. The van der Waals surface area contributed by atoms with Gasteiger partial charge in [-0.2, -0.15) is 13.2 Å². The number of halogens is 5. The number of nitrogens with zero attached hydrogens (tertiary/aromatic N) is 1. The van der Waals surface area contributed by atoms with Gasteiger partial charge >= 0.3 is 6.18 Å². The number of pyridine rings is 1. The molecule has 0 radical (unpaired) electrons. The third-order valence-corrected chi connectivity index (χ3v) is 7.86. The Morgan fingerprint density at radius 1 is 1.20 bits per heavy atom. The van der Waals surface area contributed by atoms with Crippen LogP contribution in [-0.4, -0.2) is 61.6 Å². The zero-order valence-electron chi connectivity index (χ0n) is 23.9. The lowest BCUT2D eigenvalue weighted by atomic mass is 9.88. The fourth-order valence-corrected chi connectivity index (χ4v) is 5.03. The number of nitrogens with two attached hydrogens (primary N) is 1. The molecule has 2 aromatic carbocycles. The van der Waals surface area contributed by atoms with Gasteiger partial charge in [0.05, 0.1) is 36.0 Å². The number of benzene rings is 2. The number of hydrogen-bond acceptors (Lipinski definition) is 8. The Labute approximate surface area is 255 Å². The van der Waals surface area contributed by atoms with E-state index in [1.807, 2.05) is 0 Å². The Balaban J connectivity index is 1.53. The SMILES string of the molecule is COc1cc(C(=O)NCC(O)(c2cc3c(c(-c4ccc(F)c(Cl)c4)n2)OCC3(C)NCCN)C(F)(F)F)ccc1OC1CC1. The molecule has 9 nitrogen and oxygen atoms in total. The Morgan fingerprint density at radius 2 is 1.95 bits per heavy atom. The first-order valence-corrected chi connectivity index (χ1v) is 14.2. The van der Waals surface area contributed by atoms with E-state index in [1.165, 1.54) is 37.4 Å². The Kier molecular flexibility index (Phi) is 8.69. The summed E-state index contributed by atoms with van der Waals surface area (Å²) in [5.41, 5.74) is 0.498. The number of methoxy groups -OCH3 is 1. The molecule has 44 heavy (non-hydrogen) atoms. The van der Waals surface area contributed by atoms with Gasteiger partial charge in [0.1, 0.15) is 18.1 Å². The number of rotatable bonds is 11. The number of fused-ring (bicyclic) bond motifs is 1. The van der Waals surface area contributed by atoms with Gasteiger partial charge in [-0.25, -0.2) is 9.37 Å². The summed E-state index contributed by atoms with van der Waals surface area (Å²) in [5.74, 6) is -0.853. The summed E-state index contributed by atoms with van der Waals surface area (Å²) in [4.78, 5) is 17.2. The summed E-state index contributed by atoms with van der Waals surface area (Å²) in [5, 5.41) is 16.4. The highest BCUT2D eigenvalue weighted by Crippen LogP contribution is 2.47. The van der Waals surface area contributed by atoms with E-state index in [1.54, 1.807) is 6.92 Å². The summed E-state index contributed by atoms with van der Waals surface area (Å²) in [6, 6.07) is 8.86. The van der Waals surface area contributed by atoms with E-state index in [0.717, 1.165) is 25.0 Å². The molecule has 0 spiro atoms. The molecule has 236 valence electrons. The standard InChI is InChI=1S/C30H31ClF4N4O5/c1-28(38-10-9-36)15-43-26-19(28)13-24(39-25(26)16-3-7-21(32)20(31)11-16)29(41,30(33,34)35)14-37-27(40)17-4-8-22(23(12-17)42-2)44-18-5-6-18/h3-4,7-8,11-13,18,38,41H,5-6,9-10,14-15,36H2,1-2H3,(H,37,40). The van der Waals surface area contributed by atoms with Crippen molar-refractivity contribution in [2.45, 2.75) is 43.2 Å². The minimum Gasteiger partial charge on any atom is -0.493 e. The van der Waals surface area contributed by atoms with Gasteiger partial charge in [-0.15, -0.1) is 0 Å². The molecule has 1 aliphatic heterocycles. The molecule has 2 aliphatic rings. The quantitative estimate of drug-likeness (QED) is 0.227. The van der Waals surface area contributed by atoms with Crippen LogP contribution >= 0.6 is 11.6 Å². The minimum atomic E-state index is -5.29. The maximum Gasteiger partial charge on any atom is 0.424 e. The van der Waals surface area contributed by atoms with Gasteiger partial charge in [0, 0.05) is 29.8 Å². The zero-order valence-corrected chi connectivity index (χ0v) is 24.6. The number of amides is 1. The topological polar surface area (TPSA) is 128 Å². The van der Waals surface area contributed by atoms with Crippen molar-refractivity contribution in [3.05, 3.63) is 70.1 Å². The predicted octanol–water partition coefficient (Wildman–Crippen LogP) is 4.43. The van der Waals surface area contributed by atoms with E-state index in [9.17, 15) is 27.5 Å². The first-order chi connectivity index (χ1) is 20.8. The lowest BCUT2D eigenvalue weighted by molar-refractivity contribution is -0.265. The monoisotopic (exact) mass is 638 g/mol. The van der Waals surface area contributed by atoms with Crippen LogP contribution in [0.3, 0.4) is 0 Å². The zero-order chi connectivity index (χ0) is 31.9. The number of alkyl halides is 3. The van der Waals surface area contributed by atoms with Crippen molar-refractivity contribution in [2.75, 3.05) is 33.4 Å². The van der Waals surface area contributed by atoms with Crippen molar-refractivity contribution in [1.29, 1.82) is 0 Å². The highest BCUT2D eigenvalue weighted by atomic mass is 35.5. The van der Waals surface area contributed by atoms with Gasteiger partial charge in [-0.3, -0.25) is 4.79 Å². The Morgan fingerprint density at radius 3 is 2.59 bits per heavy atom. The largest absolute Gasteiger partial charge is 0.493 e. The maximum absolute atomic E-state index is 14.7. The average Bonchev–Trinajstić information content (AvgIpc) is 3.75. The lowest BCUT2D eigenvalue weighted by Gasteiger charge is -2.32.